The van der Waals surface area contributed by atoms with E-state index >= 15 is 0 Å². The number of pyridine rings is 1. The number of aromatic nitrogens is 1. The lowest BCUT2D eigenvalue weighted by molar-refractivity contribution is 0.0522. The zero-order valence-corrected chi connectivity index (χ0v) is 16.4. The van der Waals surface area contributed by atoms with Crippen LogP contribution in [-0.2, 0) is 10.3 Å². The molecule has 2 heterocycles. The predicted molar refractivity (Wildman–Crippen MR) is 112 cm³/mol. The first-order valence-corrected chi connectivity index (χ1v) is 8.52. The maximum Gasteiger partial charge on any atom is 0.193 e. The number of carbonyl (C=O) groups excluding carboxylic acids is 1. The van der Waals surface area contributed by atoms with E-state index < -0.39 is 0 Å². The van der Waals surface area contributed by atoms with E-state index in [1.807, 2.05) is 48.5 Å². The molecule has 4 nitrogen and oxygen atoms in total. The van der Waals surface area contributed by atoms with Crippen LogP contribution < -0.4 is 5.73 Å². The Balaban J connectivity index is 0.00000131. The number of fused-ring (bicyclic) bond motifs is 1. The van der Waals surface area contributed by atoms with Gasteiger partial charge in [0.25, 0.3) is 0 Å². The topological polar surface area (TPSA) is 65.2 Å². The number of ketones is 1. The summed E-state index contributed by atoms with van der Waals surface area (Å²) in [5.41, 5.74) is 8.59. The van der Waals surface area contributed by atoms with Gasteiger partial charge in [0.1, 0.15) is 0 Å². The molecule has 2 aromatic carbocycles. The molecule has 0 amide bonds. The first-order valence-electron chi connectivity index (χ1n) is 8.52. The van der Waals surface area contributed by atoms with Crippen molar-refractivity contribution < 1.29 is 9.53 Å². The molecule has 1 fully saturated rings. The number of hydrogen-bond acceptors (Lipinski definition) is 4. The Bertz CT molecular complexity index is 918. The second-order valence-corrected chi connectivity index (χ2v) is 6.58. The van der Waals surface area contributed by atoms with Crippen molar-refractivity contribution in [1.29, 1.82) is 0 Å². The van der Waals surface area contributed by atoms with Crippen LogP contribution in [0, 0.1) is 0 Å². The van der Waals surface area contributed by atoms with Gasteiger partial charge in [-0.2, -0.15) is 0 Å². The summed E-state index contributed by atoms with van der Waals surface area (Å²) in [6, 6.07) is 15.3. The van der Waals surface area contributed by atoms with Crippen molar-refractivity contribution >= 4 is 41.4 Å². The van der Waals surface area contributed by atoms with Crippen molar-refractivity contribution in [3.05, 3.63) is 77.6 Å². The highest BCUT2D eigenvalue weighted by molar-refractivity contribution is 6.16. The molecular formula is C21H22Cl2N2O2. The third kappa shape index (κ3) is 4.14. The minimum atomic E-state index is -0.356. The number of halogens is 2. The van der Waals surface area contributed by atoms with Crippen LogP contribution in [0.1, 0.15) is 34.3 Å². The number of ether oxygens (including phenoxy) is 1. The molecule has 6 heteroatoms. The molecule has 0 aliphatic carbocycles. The van der Waals surface area contributed by atoms with Crippen LogP contribution in [0.4, 0.5) is 0 Å². The maximum absolute atomic E-state index is 13.0. The lowest BCUT2D eigenvalue weighted by atomic mass is 9.83. The SMILES string of the molecule is Cl.Cl.NC1(c2ccc(C(=O)c3cccc4cnccc34)cc2)CCOCC1. The molecule has 4 rings (SSSR count). The molecule has 0 unspecified atom stereocenters. The van der Waals surface area contributed by atoms with Crippen LogP contribution in [0.3, 0.4) is 0 Å². The first-order chi connectivity index (χ1) is 12.2. The zero-order chi connectivity index (χ0) is 17.3. The highest BCUT2D eigenvalue weighted by Crippen LogP contribution is 2.30. The van der Waals surface area contributed by atoms with Gasteiger partial charge in [-0.3, -0.25) is 9.78 Å². The Morgan fingerprint density at radius 1 is 1.00 bits per heavy atom. The summed E-state index contributed by atoms with van der Waals surface area (Å²) < 4.78 is 5.41. The van der Waals surface area contributed by atoms with Crippen LogP contribution in [0.2, 0.25) is 0 Å². The molecule has 2 N–H and O–H groups in total. The molecule has 0 radical (unpaired) electrons. The standard InChI is InChI=1S/C21H20N2O2.2ClH/c22-21(9-12-25-13-10-21)17-6-4-15(5-7-17)20(24)19-3-1-2-16-14-23-11-8-18(16)19;;/h1-8,11,14H,9-10,12-13,22H2;2*1H. The van der Waals surface area contributed by atoms with E-state index in [0.29, 0.717) is 24.3 Å². The lowest BCUT2D eigenvalue weighted by Crippen LogP contribution is -2.42. The molecule has 142 valence electrons. The van der Waals surface area contributed by atoms with E-state index in [1.165, 1.54) is 0 Å². The third-order valence-corrected chi connectivity index (χ3v) is 5.03. The van der Waals surface area contributed by atoms with E-state index in [1.54, 1.807) is 12.4 Å². The maximum atomic E-state index is 13.0. The fraction of sp³-hybridized carbons (Fsp3) is 0.238. The van der Waals surface area contributed by atoms with E-state index in [0.717, 1.165) is 29.2 Å². The van der Waals surface area contributed by atoms with Crippen LogP contribution >= 0.6 is 24.8 Å². The van der Waals surface area contributed by atoms with Crippen LogP contribution in [0.25, 0.3) is 10.8 Å². The van der Waals surface area contributed by atoms with Crippen molar-refractivity contribution in [2.45, 2.75) is 18.4 Å². The minimum absolute atomic E-state index is 0. The molecule has 0 saturated carbocycles. The van der Waals surface area contributed by atoms with Gasteiger partial charge in [0.05, 0.1) is 0 Å². The fourth-order valence-corrected chi connectivity index (χ4v) is 3.45. The van der Waals surface area contributed by atoms with E-state index in [9.17, 15) is 4.79 Å². The number of carbonyl (C=O) groups is 1. The predicted octanol–water partition coefficient (Wildman–Crippen LogP) is 4.27. The Morgan fingerprint density at radius 3 is 2.41 bits per heavy atom. The van der Waals surface area contributed by atoms with Gasteiger partial charge in [0.2, 0.25) is 0 Å². The first kappa shape index (κ1) is 21.3. The largest absolute Gasteiger partial charge is 0.381 e. The Morgan fingerprint density at radius 2 is 1.70 bits per heavy atom. The van der Waals surface area contributed by atoms with Gasteiger partial charge in [-0.05, 0) is 29.9 Å². The minimum Gasteiger partial charge on any atom is -0.381 e. The number of rotatable bonds is 3. The molecule has 0 bridgehead atoms. The Hall–Kier alpha value is -1.98. The van der Waals surface area contributed by atoms with Gasteiger partial charge in [0.15, 0.2) is 5.78 Å². The number of nitrogens with two attached hydrogens (primary N) is 1. The lowest BCUT2D eigenvalue weighted by Gasteiger charge is -2.33. The van der Waals surface area contributed by atoms with Gasteiger partial charge in [0, 0.05) is 47.7 Å². The Kier molecular flexibility index (Phi) is 6.95. The molecule has 1 saturated heterocycles. The molecule has 27 heavy (non-hydrogen) atoms. The number of hydrogen-bond donors (Lipinski definition) is 1. The van der Waals surface area contributed by atoms with E-state index in [4.69, 9.17) is 10.5 Å². The molecular weight excluding hydrogens is 383 g/mol. The summed E-state index contributed by atoms with van der Waals surface area (Å²) in [7, 11) is 0. The highest BCUT2D eigenvalue weighted by atomic mass is 35.5. The average Bonchev–Trinajstić information content (AvgIpc) is 2.68. The number of nitrogens with zero attached hydrogens (tertiary/aromatic N) is 1. The molecule has 0 spiro atoms. The second kappa shape index (κ2) is 8.81. The smallest absolute Gasteiger partial charge is 0.193 e. The van der Waals surface area contributed by atoms with Crippen LogP contribution in [-0.4, -0.2) is 24.0 Å². The van der Waals surface area contributed by atoms with Gasteiger partial charge >= 0.3 is 0 Å². The molecule has 1 aliphatic heterocycles. The van der Waals surface area contributed by atoms with Gasteiger partial charge in [-0.25, -0.2) is 0 Å². The summed E-state index contributed by atoms with van der Waals surface area (Å²) in [4.78, 5) is 17.1. The van der Waals surface area contributed by atoms with Crippen LogP contribution in [0.15, 0.2) is 60.9 Å². The quantitative estimate of drug-likeness (QED) is 0.661. The third-order valence-electron chi connectivity index (χ3n) is 5.03. The fourth-order valence-electron chi connectivity index (χ4n) is 3.45. The Labute approximate surface area is 170 Å². The average molecular weight is 405 g/mol. The molecule has 3 aromatic rings. The molecule has 0 atom stereocenters. The molecule has 1 aliphatic rings. The van der Waals surface area contributed by atoms with Gasteiger partial charge < -0.3 is 10.5 Å². The van der Waals surface area contributed by atoms with Crippen LogP contribution in [0.5, 0.6) is 0 Å². The number of benzene rings is 2. The van der Waals surface area contributed by atoms with E-state index in [2.05, 4.69) is 4.98 Å². The van der Waals surface area contributed by atoms with Gasteiger partial charge in [-0.1, -0.05) is 42.5 Å². The van der Waals surface area contributed by atoms with E-state index in [-0.39, 0.29) is 36.1 Å². The van der Waals surface area contributed by atoms with Crippen molar-refractivity contribution in [3.63, 3.8) is 0 Å². The summed E-state index contributed by atoms with van der Waals surface area (Å²) in [5.74, 6) is 0.0152. The normalized spacial score (nSPS) is 15.4. The summed E-state index contributed by atoms with van der Waals surface area (Å²) in [5, 5.41) is 1.89. The second-order valence-electron chi connectivity index (χ2n) is 6.58. The van der Waals surface area contributed by atoms with Crippen molar-refractivity contribution in [2.24, 2.45) is 5.73 Å². The van der Waals surface area contributed by atoms with Crippen molar-refractivity contribution in [1.82, 2.24) is 4.98 Å². The zero-order valence-electron chi connectivity index (χ0n) is 14.8. The highest BCUT2D eigenvalue weighted by Gasteiger charge is 2.30. The molecule has 1 aromatic heterocycles. The van der Waals surface area contributed by atoms with Crippen molar-refractivity contribution in [3.8, 4) is 0 Å². The van der Waals surface area contributed by atoms with Crippen molar-refractivity contribution in [2.75, 3.05) is 13.2 Å². The summed E-state index contributed by atoms with van der Waals surface area (Å²) in [6.45, 7) is 1.36. The monoisotopic (exact) mass is 404 g/mol. The summed E-state index contributed by atoms with van der Waals surface area (Å²) in [6.07, 6.45) is 5.09. The van der Waals surface area contributed by atoms with Gasteiger partial charge in [-0.15, -0.1) is 24.8 Å². The summed E-state index contributed by atoms with van der Waals surface area (Å²) >= 11 is 0.